The third-order valence-electron chi connectivity index (χ3n) is 2.15. The van der Waals surface area contributed by atoms with Crippen molar-refractivity contribution in [1.82, 2.24) is 5.32 Å². The van der Waals surface area contributed by atoms with E-state index in [0.29, 0.717) is 18.5 Å². The molecule has 1 N–H and O–H groups in total. The van der Waals surface area contributed by atoms with Gasteiger partial charge in [0.05, 0.1) is 5.56 Å². The summed E-state index contributed by atoms with van der Waals surface area (Å²) in [5.41, 5.74) is 1.73. The Labute approximate surface area is 105 Å². The Kier molecular flexibility index (Phi) is 5.07. The minimum atomic E-state index is -0.0624. The normalized spacial score (nSPS) is 9.56. The van der Waals surface area contributed by atoms with Crippen molar-refractivity contribution in [2.45, 2.75) is 19.8 Å². The van der Waals surface area contributed by atoms with Gasteiger partial charge < -0.3 is 5.32 Å². The molecule has 0 spiro atoms. The van der Waals surface area contributed by atoms with Crippen LogP contribution >= 0.6 is 15.9 Å². The zero-order valence-corrected chi connectivity index (χ0v) is 10.8. The van der Waals surface area contributed by atoms with Gasteiger partial charge in [-0.1, -0.05) is 11.6 Å². The van der Waals surface area contributed by atoms with Gasteiger partial charge >= 0.3 is 0 Å². The zero-order chi connectivity index (χ0) is 12.0. The van der Waals surface area contributed by atoms with Gasteiger partial charge in [-0.15, -0.1) is 12.3 Å². The molecular formula is C13H14BrNO. The van der Waals surface area contributed by atoms with Crippen molar-refractivity contribution < 1.29 is 4.79 Å². The van der Waals surface area contributed by atoms with Crippen LogP contribution in [0.25, 0.3) is 0 Å². The Morgan fingerprint density at radius 3 is 3.00 bits per heavy atom. The third-order valence-corrected chi connectivity index (χ3v) is 2.84. The lowest BCUT2D eigenvalue weighted by Gasteiger charge is -2.06. The van der Waals surface area contributed by atoms with Crippen molar-refractivity contribution in [2.24, 2.45) is 0 Å². The number of hydrogen-bond acceptors (Lipinski definition) is 1. The van der Waals surface area contributed by atoms with E-state index in [9.17, 15) is 4.79 Å². The van der Waals surface area contributed by atoms with Gasteiger partial charge in [-0.3, -0.25) is 4.79 Å². The first-order chi connectivity index (χ1) is 7.65. The lowest BCUT2D eigenvalue weighted by Crippen LogP contribution is -2.24. The van der Waals surface area contributed by atoms with Crippen molar-refractivity contribution in [2.75, 3.05) is 6.54 Å². The number of rotatable bonds is 4. The van der Waals surface area contributed by atoms with Crippen LogP contribution in [0.3, 0.4) is 0 Å². The molecule has 1 aromatic rings. The second kappa shape index (κ2) is 6.34. The van der Waals surface area contributed by atoms with Crippen LogP contribution in [0.4, 0.5) is 0 Å². The predicted octanol–water partition coefficient (Wildman–Crippen LogP) is 2.90. The molecule has 2 nitrogen and oxygen atoms in total. The first-order valence-corrected chi connectivity index (χ1v) is 5.92. The quantitative estimate of drug-likeness (QED) is 0.667. The zero-order valence-electron chi connectivity index (χ0n) is 9.22. The van der Waals surface area contributed by atoms with Gasteiger partial charge in [0.15, 0.2) is 0 Å². The standard InChI is InChI=1S/C13H14BrNO/c1-3-4-5-8-15-13(16)11-9-10(2)6-7-12(11)14/h1,6-7,9H,4-5,8H2,2H3,(H,15,16). The van der Waals surface area contributed by atoms with Crippen LogP contribution in [-0.4, -0.2) is 12.5 Å². The molecule has 16 heavy (non-hydrogen) atoms. The molecule has 84 valence electrons. The summed E-state index contributed by atoms with van der Waals surface area (Å²) in [5, 5.41) is 2.84. The van der Waals surface area contributed by atoms with Crippen LogP contribution in [0.1, 0.15) is 28.8 Å². The monoisotopic (exact) mass is 279 g/mol. The van der Waals surface area contributed by atoms with Crippen molar-refractivity contribution in [3.8, 4) is 12.3 Å². The average molecular weight is 280 g/mol. The highest BCUT2D eigenvalue weighted by Crippen LogP contribution is 2.17. The van der Waals surface area contributed by atoms with Crippen molar-refractivity contribution >= 4 is 21.8 Å². The van der Waals surface area contributed by atoms with Crippen LogP contribution in [0.2, 0.25) is 0 Å². The van der Waals surface area contributed by atoms with Gasteiger partial charge in [-0.25, -0.2) is 0 Å². The molecule has 0 bridgehead atoms. The number of terminal acetylenes is 1. The fourth-order valence-corrected chi connectivity index (χ4v) is 1.73. The maximum Gasteiger partial charge on any atom is 0.252 e. The summed E-state index contributed by atoms with van der Waals surface area (Å²) in [7, 11) is 0. The second-order valence-corrected chi connectivity index (χ2v) is 4.40. The van der Waals surface area contributed by atoms with E-state index in [2.05, 4.69) is 27.2 Å². The Bertz CT molecular complexity index is 420. The first kappa shape index (κ1) is 12.8. The van der Waals surface area contributed by atoms with Crippen molar-refractivity contribution in [3.63, 3.8) is 0 Å². The Morgan fingerprint density at radius 1 is 1.56 bits per heavy atom. The number of amides is 1. The number of carbonyl (C=O) groups excluding carboxylic acids is 1. The number of aryl methyl sites for hydroxylation is 1. The molecule has 0 heterocycles. The summed E-state index contributed by atoms with van der Waals surface area (Å²) in [6.45, 7) is 2.57. The van der Waals surface area contributed by atoms with E-state index in [-0.39, 0.29) is 5.91 Å². The molecule has 1 rings (SSSR count). The second-order valence-electron chi connectivity index (χ2n) is 3.55. The van der Waals surface area contributed by atoms with E-state index in [1.807, 2.05) is 25.1 Å². The van der Waals surface area contributed by atoms with E-state index >= 15 is 0 Å². The largest absolute Gasteiger partial charge is 0.352 e. The van der Waals surface area contributed by atoms with E-state index in [1.165, 1.54) is 0 Å². The van der Waals surface area contributed by atoms with Gasteiger partial charge in [0.25, 0.3) is 5.91 Å². The van der Waals surface area contributed by atoms with Gasteiger partial charge in [0, 0.05) is 17.4 Å². The minimum absolute atomic E-state index is 0.0624. The average Bonchev–Trinajstić information content (AvgIpc) is 2.27. The molecule has 0 aliphatic rings. The summed E-state index contributed by atoms with van der Waals surface area (Å²) in [5.74, 6) is 2.48. The smallest absolute Gasteiger partial charge is 0.252 e. The van der Waals surface area contributed by atoms with E-state index in [1.54, 1.807) is 0 Å². The molecule has 0 radical (unpaired) electrons. The van der Waals surface area contributed by atoms with Crippen LogP contribution in [0, 0.1) is 19.3 Å². The van der Waals surface area contributed by atoms with E-state index in [4.69, 9.17) is 6.42 Å². The molecule has 1 aromatic carbocycles. The summed E-state index contributed by atoms with van der Waals surface area (Å²) in [6.07, 6.45) is 6.63. The van der Waals surface area contributed by atoms with Crippen molar-refractivity contribution in [1.29, 1.82) is 0 Å². The maximum atomic E-state index is 11.8. The molecule has 0 aliphatic carbocycles. The highest BCUT2D eigenvalue weighted by atomic mass is 79.9. The summed E-state index contributed by atoms with van der Waals surface area (Å²) in [6, 6.07) is 5.70. The molecule has 0 saturated heterocycles. The maximum absolute atomic E-state index is 11.8. The highest BCUT2D eigenvalue weighted by Gasteiger charge is 2.08. The number of unbranched alkanes of at least 4 members (excludes halogenated alkanes) is 1. The summed E-state index contributed by atoms with van der Waals surface area (Å²) < 4.78 is 0.813. The topological polar surface area (TPSA) is 29.1 Å². The molecule has 0 saturated carbocycles. The number of carbonyl (C=O) groups is 1. The Morgan fingerprint density at radius 2 is 2.31 bits per heavy atom. The molecule has 0 aromatic heterocycles. The lowest BCUT2D eigenvalue weighted by atomic mass is 10.1. The molecule has 1 amide bonds. The molecular weight excluding hydrogens is 266 g/mol. The number of hydrogen-bond donors (Lipinski definition) is 1. The van der Waals surface area contributed by atoms with Crippen LogP contribution in [0.15, 0.2) is 22.7 Å². The van der Waals surface area contributed by atoms with Crippen LogP contribution in [-0.2, 0) is 0 Å². The predicted molar refractivity (Wildman–Crippen MR) is 69.3 cm³/mol. The molecule has 3 heteroatoms. The van der Waals surface area contributed by atoms with E-state index < -0.39 is 0 Å². The van der Waals surface area contributed by atoms with Gasteiger partial charge in [0.2, 0.25) is 0 Å². The fourth-order valence-electron chi connectivity index (χ4n) is 1.30. The highest BCUT2D eigenvalue weighted by molar-refractivity contribution is 9.10. The van der Waals surface area contributed by atoms with Gasteiger partial charge in [0.1, 0.15) is 0 Å². The van der Waals surface area contributed by atoms with Crippen molar-refractivity contribution in [3.05, 3.63) is 33.8 Å². The lowest BCUT2D eigenvalue weighted by molar-refractivity contribution is 0.0952. The SMILES string of the molecule is C#CCCCNC(=O)c1cc(C)ccc1Br. The molecule has 0 unspecified atom stereocenters. The fraction of sp³-hybridized carbons (Fsp3) is 0.308. The third kappa shape index (κ3) is 3.71. The van der Waals surface area contributed by atoms with Crippen LogP contribution in [0.5, 0.6) is 0 Å². The van der Waals surface area contributed by atoms with Gasteiger partial charge in [-0.2, -0.15) is 0 Å². The molecule has 0 atom stereocenters. The van der Waals surface area contributed by atoms with E-state index in [0.717, 1.165) is 16.5 Å². The Hall–Kier alpha value is -1.27. The molecule has 0 fully saturated rings. The number of nitrogens with one attached hydrogen (secondary N) is 1. The Balaban J connectivity index is 2.59. The summed E-state index contributed by atoms with van der Waals surface area (Å²) in [4.78, 5) is 11.8. The number of halogens is 1. The number of benzene rings is 1. The molecule has 0 aliphatic heterocycles. The van der Waals surface area contributed by atoms with Gasteiger partial charge in [-0.05, 0) is 41.4 Å². The van der Waals surface area contributed by atoms with Crippen LogP contribution < -0.4 is 5.32 Å². The first-order valence-electron chi connectivity index (χ1n) is 5.13. The minimum Gasteiger partial charge on any atom is -0.352 e. The summed E-state index contributed by atoms with van der Waals surface area (Å²) >= 11 is 3.36.